The van der Waals surface area contributed by atoms with Gasteiger partial charge in [-0.1, -0.05) is 41.5 Å². The minimum absolute atomic E-state index is 0.179. The maximum absolute atomic E-state index is 12.7. The van der Waals surface area contributed by atoms with Crippen molar-refractivity contribution in [3.8, 4) is 0 Å². The molecule has 2 aliphatic rings. The van der Waals surface area contributed by atoms with E-state index in [0.29, 0.717) is 12.0 Å². The minimum atomic E-state index is -0.278. The van der Waals surface area contributed by atoms with E-state index in [1.54, 1.807) is 0 Å². The molecule has 1 heterocycles. The van der Waals surface area contributed by atoms with Crippen LogP contribution < -0.4 is 0 Å². The van der Waals surface area contributed by atoms with E-state index in [2.05, 4.69) is 41.5 Å². The number of nitrogens with zero attached hydrogens (tertiary/aromatic N) is 1. The third-order valence-corrected chi connectivity index (χ3v) is 4.39. The molecule has 2 rings (SSSR count). The molecule has 0 radical (unpaired) electrons. The maximum atomic E-state index is 12.7. The molecule has 0 aromatic heterocycles. The van der Waals surface area contributed by atoms with E-state index in [1.165, 1.54) is 6.42 Å². The van der Waals surface area contributed by atoms with Gasteiger partial charge in [-0.15, -0.1) is 0 Å². The van der Waals surface area contributed by atoms with Crippen molar-refractivity contribution in [2.45, 2.75) is 73.0 Å². The minimum Gasteiger partial charge on any atom is -0.373 e. The highest BCUT2D eigenvalue weighted by Crippen LogP contribution is 2.37. The van der Waals surface area contributed by atoms with Crippen LogP contribution in [0.25, 0.3) is 0 Å². The first kappa shape index (κ1) is 15.8. The Balaban J connectivity index is 1.86. The van der Waals surface area contributed by atoms with Gasteiger partial charge in [-0.3, -0.25) is 4.79 Å². The Hall–Kier alpha value is -0.570. The number of ether oxygens (including phenoxy) is 1. The lowest BCUT2D eigenvalue weighted by molar-refractivity contribution is -0.141. The number of amides is 1. The monoisotopic (exact) mass is 281 g/mol. The Labute approximate surface area is 124 Å². The van der Waals surface area contributed by atoms with Gasteiger partial charge in [-0.05, 0) is 30.6 Å². The number of likely N-dealkylation sites (tertiary alicyclic amines) is 1. The quantitative estimate of drug-likeness (QED) is 0.789. The van der Waals surface area contributed by atoms with Crippen LogP contribution in [0.2, 0.25) is 0 Å². The van der Waals surface area contributed by atoms with E-state index in [0.717, 1.165) is 31.8 Å². The normalized spacial score (nSPS) is 30.7. The molecule has 20 heavy (non-hydrogen) atoms. The van der Waals surface area contributed by atoms with Crippen molar-refractivity contribution < 1.29 is 9.53 Å². The molecule has 3 nitrogen and oxygen atoms in total. The summed E-state index contributed by atoms with van der Waals surface area (Å²) in [5.74, 6) is 1.01. The number of carbonyl (C=O) groups excluding carboxylic acids is 1. The van der Waals surface area contributed by atoms with E-state index in [4.69, 9.17) is 4.74 Å². The lowest BCUT2D eigenvalue weighted by Crippen LogP contribution is -2.42. The third kappa shape index (κ3) is 3.97. The van der Waals surface area contributed by atoms with Crippen molar-refractivity contribution in [1.82, 2.24) is 4.90 Å². The molecule has 0 bridgehead atoms. The second-order valence-corrected chi connectivity index (χ2v) is 8.67. The Morgan fingerprint density at radius 2 is 1.85 bits per heavy atom. The van der Waals surface area contributed by atoms with Crippen molar-refractivity contribution >= 4 is 5.91 Å². The largest absolute Gasteiger partial charge is 0.373 e. The Kier molecular flexibility index (Phi) is 4.21. The second kappa shape index (κ2) is 5.32. The van der Waals surface area contributed by atoms with Gasteiger partial charge in [0.15, 0.2) is 0 Å². The van der Waals surface area contributed by atoms with Crippen LogP contribution in [0.15, 0.2) is 0 Å². The van der Waals surface area contributed by atoms with Crippen LogP contribution in [0, 0.1) is 16.7 Å². The molecule has 1 aliphatic carbocycles. The predicted octanol–water partition coefficient (Wildman–Crippen LogP) is 3.47. The van der Waals surface area contributed by atoms with Crippen LogP contribution in [-0.4, -0.2) is 36.1 Å². The van der Waals surface area contributed by atoms with Crippen molar-refractivity contribution in [2.24, 2.45) is 16.7 Å². The Bertz CT molecular complexity index is 370. The molecule has 3 heteroatoms. The number of hydrogen-bond acceptors (Lipinski definition) is 2. The first-order valence-electron chi connectivity index (χ1n) is 8.03. The molecular weight excluding hydrogens is 250 g/mol. The van der Waals surface area contributed by atoms with Crippen LogP contribution in [0.4, 0.5) is 0 Å². The summed E-state index contributed by atoms with van der Waals surface area (Å²) < 4.78 is 6.03. The molecule has 1 aliphatic heterocycles. The van der Waals surface area contributed by atoms with Gasteiger partial charge in [0.05, 0.1) is 12.2 Å². The molecule has 0 N–H and O–H groups in total. The zero-order chi connectivity index (χ0) is 15.1. The molecule has 3 unspecified atom stereocenters. The summed E-state index contributed by atoms with van der Waals surface area (Å²) in [6.45, 7) is 14.6. The SMILES string of the molecule is CC1CC1OC1CCN(C(=O)C(C)(C)CC(C)(C)C)C1. The van der Waals surface area contributed by atoms with E-state index in [-0.39, 0.29) is 16.9 Å². The van der Waals surface area contributed by atoms with E-state index in [9.17, 15) is 4.79 Å². The lowest BCUT2D eigenvalue weighted by Gasteiger charge is -2.34. The number of rotatable bonds is 4. The van der Waals surface area contributed by atoms with Gasteiger partial charge in [0.2, 0.25) is 5.91 Å². The Morgan fingerprint density at radius 3 is 2.35 bits per heavy atom. The van der Waals surface area contributed by atoms with Gasteiger partial charge in [-0.2, -0.15) is 0 Å². The van der Waals surface area contributed by atoms with Crippen molar-refractivity contribution in [1.29, 1.82) is 0 Å². The van der Waals surface area contributed by atoms with Crippen molar-refractivity contribution in [3.63, 3.8) is 0 Å². The highest BCUT2D eigenvalue weighted by Gasteiger charge is 2.41. The molecule has 0 aromatic carbocycles. The molecule has 0 aromatic rings. The van der Waals surface area contributed by atoms with E-state index >= 15 is 0 Å². The summed E-state index contributed by atoms with van der Waals surface area (Å²) in [5.41, 5.74) is -0.0990. The van der Waals surface area contributed by atoms with Crippen molar-refractivity contribution in [2.75, 3.05) is 13.1 Å². The maximum Gasteiger partial charge on any atom is 0.228 e. The molecule has 1 amide bonds. The van der Waals surface area contributed by atoms with Gasteiger partial charge >= 0.3 is 0 Å². The molecule has 1 saturated heterocycles. The topological polar surface area (TPSA) is 29.5 Å². The zero-order valence-corrected chi connectivity index (χ0v) is 14.0. The smallest absolute Gasteiger partial charge is 0.228 e. The van der Waals surface area contributed by atoms with E-state index < -0.39 is 0 Å². The summed E-state index contributed by atoms with van der Waals surface area (Å²) >= 11 is 0. The summed E-state index contributed by atoms with van der Waals surface area (Å²) in [7, 11) is 0. The van der Waals surface area contributed by atoms with Crippen molar-refractivity contribution in [3.05, 3.63) is 0 Å². The van der Waals surface area contributed by atoms with Gasteiger partial charge < -0.3 is 9.64 Å². The highest BCUT2D eigenvalue weighted by molar-refractivity contribution is 5.82. The molecule has 0 spiro atoms. The highest BCUT2D eigenvalue weighted by atomic mass is 16.5. The predicted molar refractivity (Wildman–Crippen MR) is 81.5 cm³/mol. The lowest BCUT2D eigenvalue weighted by atomic mass is 9.75. The number of hydrogen-bond donors (Lipinski definition) is 0. The van der Waals surface area contributed by atoms with Gasteiger partial charge in [0, 0.05) is 18.5 Å². The average Bonchev–Trinajstić information content (AvgIpc) is 2.77. The van der Waals surface area contributed by atoms with Crippen LogP contribution in [0.5, 0.6) is 0 Å². The molecule has 1 saturated carbocycles. The van der Waals surface area contributed by atoms with Gasteiger partial charge in [0.1, 0.15) is 0 Å². The fraction of sp³-hybridized carbons (Fsp3) is 0.941. The summed E-state index contributed by atoms with van der Waals surface area (Å²) in [6, 6.07) is 0. The summed E-state index contributed by atoms with van der Waals surface area (Å²) in [6.07, 6.45) is 3.83. The first-order valence-corrected chi connectivity index (χ1v) is 8.03. The standard InChI is InChI=1S/C17H31NO2/c1-12-9-14(12)20-13-7-8-18(10-13)15(19)17(5,6)11-16(2,3)4/h12-14H,7-11H2,1-6H3. The molecule has 2 fully saturated rings. The fourth-order valence-electron chi connectivity index (χ4n) is 3.58. The fourth-order valence-corrected chi connectivity index (χ4v) is 3.58. The molecule has 3 atom stereocenters. The third-order valence-electron chi connectivity index (χ3n) is 4.39. The first-order chi connectivity index (χ1) is 9.08. The second-order valence-electron chi connectivity index (χ2n) is 8.67. The van der Waals surface area contributed by atoms with Gasteiger partial charge in [0.25, 0.3) is 0 Å². The molecule has 116 valence electrons. The van der Waals surface area contributed by atoms with Crippen LogP contribution in [-0.2, 0) is 9.53 Å². The van der Waals surface area contributed by atoms with Gasteiger partial charge in [-0.25, -0.2) is 0 Å². The van der Waals surface area contributed by atoms with Crippen LogP contribution in [0.3, 0.4) is 0 Å². The van der Waals surface area contributed by atoms with Crippen LogP contribution in [0.1, 0.15) is 60.8 Å². The van der Waals surface area contributed by atoms with E-state index in [1.807, 2.05) is 4.90 Å². The number of carbonyl (C=O) groups is 1. The zero-order valence-electron chi connectivity index (χ0n) is 14.0. The summed E-state index contributed by atoms with van der Waals surface area (Å²) in [5, 5.41) is 0. The Morgan fingerprint density at radius 1 is 1.25 bits per heavy atom. The summed E-state index contributed by atoms with van der Waals surface area (Å²) in [4.78, 5) is 14.7. The average molecular weight is 281 g/mol. The molecular formula is C17H31NO2. The van der Waals surface area contributed by atoms with Crippen LogP contribution >= 0.6 is 0 Å².